The van der Waals surface area contributed by atoms with Crippen LogP contribution in [0.2, 0.25) is 0 Å². The lowest BCUT2D eigenvalue weighted by Gasteiger charge is -2.43. The number of carbonyl (C=O) groups is 1. The summed E-state index contributed by atoms with van der Waals surface area (Å²) < 4.78 is 39.0. The Morgan fingerprint density at radius 2 is 1.64 bits per heavy atom. The lowest BCUT2D eigenvalue weighted by Crippen LogP contribution is -2.53. The van der Waals surface area contributed by atoms with Crippen molar-refractivity contribution in [1.82, 2.24) is 20.1 Å². The molecule has 3 heterocycles. The van der Waals surface area contributed by atoms with Crippen LogP contribution >= 0.6 is 15.9 Å². The zero-order chi connectivity index (χ0) is 29.7. The third-order valence-corrected chi connectivity index (χ3v) is 8.58. The first kappa shape index (κ1) is 30.0. The molecule has 0 unspecified atom stereocenters. The van der Waals surface area contributed by atoms with E-state index >= 15 is 0 Å². The molecule has 0 bridgehead atoms. The number of halogens is 4. The predicted molar refractivity (Wildman–Crippen MR) is 160 cm³/mol. The highest BCUT2D eigenvalue weighted by atomic mass is 79.9. The fourth-order valence-corrected chi connectivity index (χ4v) is 6.17. The van der Waals surface area contributed by atoms with Gasteiger partial charge in [-0.1, -0.05) is 24.3 Å². The maximum atomic E-state index is 12.8. The molecule has 1 N–H and O–H groups in total. The molecule has 2 aliphatic rings. The van der Waals surface area contributed by atoms with Gasteiger partial charge in [0.2, 0.25) is 0 Å². The van der Waals surface area contributed by atoms with Crippen LogP contribution in [0, 0.1) is 11.3 Å². The van der Waals surface area contributed by atoms with E-state index in [1.807, 2.05) is 24.3 Å². The van der Waals surface area contributed by atoms with E-state index in [2.05, 4.69) is 47.0 Å². The Balaban J connectivity index is 0.00000423. The SMILES string of the molecule is N#Cc1ccc(CN2CCC(N3CCN(c4ncc(C(=O)NCc5ccc(C(F)(F)F)cc5)cc4Br)CC3)CC2)cc1.[HH]. The summed E-state index contributed by atoms with van der Waals surface area (Å²) >= 11 is 3.58. The number of alkyl halides is 3. The van der Waals surface area contributed by atoms with E-state index < -0.39 is 11.7 Å². The van der Waals surface area contributed by atoms with Crippen LogP contribution in [-0.2, 0) is 19.3 Å². The van der Waals surface area contributed by atoms with Gasteiger partial charge in [-0.25, -0.2) is 4.98 Å². The molecule has 5 rings (SSSR count). The number of piperidine rings is 1. The van der Waals surface area contributed by atoms with Gasteiger partial charge in [-0.05, 0) is 83.3 Å². The predicted octanol–water partition coefficient (Wildman–Crippen LogP) is 5.70. The van der Waals surface area contributed by atoms with Crippen molar-refractivity contribution in [2.75, 3.05) is 44.2 Å². The number of anilines is 1. The molecule has 11 heteroatoms. The zero-order valence-corrected chi connectivity index (χ0v) is 24.7. The van der Waals surface area contributed by atoms with Gasteiger partial charge in [-0.2, -0.15) is 18.4 Å². The fraction of sp³-hybridized carbons (Fsp3) is 0.387. The topological polar surface area (TPSA) is 75.5 Å². The van der Waals surface area contributed by atoms with E-state index in [0.29, 0.717) is 22.7 Å². The van der Waals surface area contributed by atoms with Crippen LogP contribution < -0.4 is 10.2 Å². The summed E-state index contributed by atoms with van der Waals surface area (Å²) in [5, 5.41) is 11.7. The van der Waals surface area contributed by atoms with Crippen molar-refractivity contribution in [2.24, 2.45) is 0 Å². The largest absolute Gasteiger partial charge is 0.416 e. The number of hydrogen-bond donors (Lipinski definition) is 1. The average molecular weight is 644 g/mol. The second-order valence-electron chi connectivity index (χ2n) is 10.7. The van der Waals surface area contributed by atoms with Gasteiger partial charge in [0.05, 0.1) is 27.2 Å². The molecule has 1 aromatic heterocycles. The number of nitrogens with one attached hydrogen (secondary N) is 1. The molecular weight excluding hydrogens is 609 g/mol. The average Bonchev–Trinajstić information content (AvgIpc) is 3.00. The van der Waals surface area contributed by atoms with Crippen LogP contribution in [-0.4, -0.2) is 66.0 Å². The molecule has 7 nitrogen and oxygen atoms in total. The molecule has 2 aromatic carbocycles. The van der Waals surface area contributed by atoms with E-state index in [1.54, 1.807) is 6.07 Å². The Labute approximate surface area is 253 Å². The van der Waals surface area contributed by atoms with Gasteiger partial charge in [0.1, 0.15) is 5.82 Å². The highest BCUT2D eigenvalue weighted by Gasteiger charge is 2.30. The minimum atomic E-state index is -4.39. The first-order valence-corrected chi connectivity index (χ1v) is 14.8. The van der Waals surface area contributed by atoms with Gasteiger partial charge in [-0.3, -0.25) is 14.6 Å². The molecule has 0 radical (unpaired) electrons. The third-order valence-electron chi connectivity index (χ3n) is 7.99. The number of amides is 1. The van der Waals surface area contributed by atoms with Gasteiger partial charge in [0.25, 0.3) is 5.91 Å². The number of carbonyl (C=O) groups excluding carboxylic acids is 1. The van der Waals surface area contributed by atoms with Gasteiger partial charge >= 0.3 is 6.18 Å². The monoisotopic (exact) mass is 642 g/mol. The van der Waals surface area contributed by atoms with Crippen LogP contribution in [0.3, 0.4) is 0 Å². The summed E-state index contributed by atoms with van der Waals surface area (Å²) in [5.74, 6) is 0.455. The number of likely N-dealkylation sites (tertiary alicyclic amines) is 1. The molecule has 2 fully saturated rings. The lowest BCUT2D eigenvalue weighted by atomic mass is 10.0. The number of piperazine rings is 1. The van der Waals surface area contributed by atoms with Gasteiger partial charge in [-0.15, -0.1) is 0 Å². The van der Waals surface area contributed by atoms with Crippen LogP contribution in [0.25, 0.3) is 0 Å². The van der Waals surface area contributed by atoms with Crippen LogP contribution in [0.4, 0.5) is 19.0 Å². The van der Waals surface area contributed by atoms with E-state index in [0.717, 1.165) is 81.1 Å². The summed E-state index contributed by atoms with van der Waals surface area (Å²) in [6, 6.07) is 17.1. The second-order valence-corrected chi connectivity index (χ2v) is 11.6. The van der Waals surface area contributed by atoms with Crippen LogP contribution in [0.5, 0.6) is 0 Å². The molecule has 222 valence electrons. The maximum Gasteiger partial charge on any atom is 0.416 e. The van der Waals surface area contributed by atoms with Gasteiger partial charge in [0.15, 0.2) is 0 Å². The first-order valence-electron chi connectivity index (χ1n) is 14.0. The summed E-state index contributed by atoms with van der Waals surface area (Å²) in [6.45, 7) is 6.73. The Hall–Kier alpha value is -3.46. The van der Waals surface area contributed by atoms with E-state index in [9.17, 15) is 18.0 Å². The second kappa shape index (κ2) is 13.2. The summed E-state index contributed by atoms with van der Waals surface area (Å²) in [7, 11) is 0. The maximum absolute atomic E-state index is 12.8. The van der Waals surface area contributed by atoms with Crippen molar-refractivity contribution in [3.63, 3.8) is 0 Å². The molecule has 0 spiro atoms. The number of benzene rings is 2. The molecule has 2 saturated heterocycles. The molecule has 2 aliphatic heterocycles. The normalized spacial score (nSPS) is 17.2. The number of hydrogen-bond acceptors (Lipinski definition) is 6. The molecular formula is C31H34BrF3N6O. The van der Waals surface area contributed by atoms with Crippen molar-refractivity contribution < 1.29 is 19.4 Å². The molecule has 0 saturated carbocycles. The summed E-state index contributed by atoms with van der Waals surface area (Å²) in [4.78, 5) is 24.5. The van der Waals surface area contributed by atoms with Crippen molar-refractivity contribution in [3.05, 3.63) is 93.1 Å². The smallest absolute Gasteiger partial charge is 0.353 e. The molecule has 0 atom stereocenters. The minimum Gasteiger partial charge on any atom is -0.353 e. The Bertz CT molecular complexity index is 1420. The summed E-state index contributed by atoms with van der Waals surface area (Å²) in [6.07, 6.45) is -0.582. The minimum absolute atomic E-state index is 0. The number of aromatic nitrogens is 1. The summed E-state index contributed by atoms with van der Waals surface area (Å²) in [5.41, 5.74) is 2.17. The van der Waals surface area contributed by atoms with E-state index in [4.69, 9.17) is 5.26 Å². The van der Waals surface area contributed by atoms with E-state index in [1.165, 1.54) is 23.9 Å². The highest BCUT2D eigenvalue weighted by molar-refractivity contribution is 9.10. The van der Waals surface area contributed by atoms with E-state index in [-0.39, 0.29) is 13.9 Å². The molecule has 1 amide bonds. The Morgan fingerprint density at radius 1 is 1.00 bits per heavy atom. The van der Waals surface area contributed by atoms with Gasteiger partial charge in [0, 0.05) is 52.9 Å². The molecule has 42 heavy (non-hydrogen) atoms. The van der Waals surface area contributed by atoms with Crippen molar-refractivity contribution in [2.45, 2.75) is 38.1 Å². The van der Waals surface area contributed by atoms with Crippen molar-refractivity contribution >= 4 is 27.7 Å². The standard InChI is InChI=1S/C31H32BrF3N6O.H2/c32-28-17-25(30(42)38-19-23-5-7-26(8-6-23)31(33,34)35)20-37-29(28)41-15-13-40(14-16-41)27-9-11-39(12-10-27)21-24-3-1-22(18-36)2-4-24;/h1-8,17,20,27H,9-16,19,21H2,(H,38,42);1H. The molecule has 0 aliphatic carbocycles. The lowest BCUT2D eigenvalue weighted by molar-refractivity contribution is -0.137. The Morgan fingerprint density at radius 3 is 2.24 bits per heavy atom. The highest BCUT2D eigenvalue weighted by Crippen LogP contribution is 2.30. The number of nitrogens with zero attached hydrogens (tertiary/aromatic N) is 5. The van der Waals surface area contributed by atoms with Crippen LogP contribution in [0.1, 0.15) is 46.9 Å². The van der Waals surface area contributed by atoms with Gasteiger partial charge < -0.3 is 10.2 Å². The number of nitriles is 1. The molecule has 3 aromatic rings. The zero-order valence-electron chi connectivity index (χ0n) is 23.1. The fourth-order valence-electron chi connectivity index (χ4n) is 5.57. The van der Waals surface area contributed by atoms with Crippen molar-refractivity contribution in [1.29, 1.82) is 5.26 Å². The third kappa shape index (κ3) is 7.48. The first-order chi connectivity index (χ1) is 20.2. The van der Waals surface area contributed by atoms with Crippen molar-refractivity contribution in [3.8, 4) is 6.07 Å². The number of pyridine rings is 1. The van der Waals surface area contributed by atoms with Crippen LogP contribution in [0.15, 0.2) is 65.3 Å². The number of rotatable bonds is 7. The Kier molecular flexibility index (Phi) is 9.46. The quantitative estimate of drug-likeness (QED) is 0.357.